The second-order valence-electron chi connectivity index (χ2n) is 7.94. The minimum absolute atomic E-state index is 0.461. The molecule has 1 unspecified atom stereocenters. The fourth-order valence-electron chi connectivity index (χ4n) is 4.06. The van der Waals surface area contributed by atoms with Gasteiger partial charge in [0.2, 0.25) is 11.6 Å². The number of aromatic amines is 2. The van der Waals surface area contributed by atoms with E-state index < -0.39 is 0 Å². The first-order chi connectivity index (χ1) is 15.5. The van der Waals surface area contributed by atoms with Crippen LogP contribution in [0.3, 0.4) is 0 Å². The zero-order chi connectivity index (χ0) is 22.3. The smallest absolute Gasteiger partial charge is 0.258 e. The third-order valence-electron chi connectivity index (χ3n) is 5.77. The molecule has 4 aromatic rings. The number of halogens is 1. The summed E-state index contributed by atoms with van der Waals surface area (Å²) in [6.07, 6.45) is 2.78. The van der Waals surface area contributed by atoms with Crippen molar-refractivity contribution in [2.24, 2.45) is 4.99 Å². The lowest BCUT2D eigenvalue weighted by atomic mass is 10.1. The number of nitrogens with zero attached hydrogens (tertiary/aromatic N) is 7. The minimum Gasteiger partial charge on any atom is -0.343 e. The standard InChI is InChI=1S/C22H23ClN9/c1-4-18-25-21-22(26-18)32(3,13-24-21)12-14-8-5-6-10-16(14)31(2)17-11-7-9-15(19(17)23)20-27-29-30-28-20/h5-11,13H,4,12H2,1-3H3,(H,25,26)(H,27,28,29,30)/q+1. The van der Waals surface area contributed by atoms with Gasteiger partial charge in [-0.1, -0.05) is 42.8 Å². The van der Waals surface area contributed by atoms with Crippen LogP contribution >= 0.6 is 11.6 Å². The monoisotopic (exact) mass is 448 g/mol. The number of fused-ring (bicyclic) bond motifs is 1. The summed E-state index contributed by atoms with van der Waals surface area (Å²) < 4.78 is 0.518. The lowest BCUT2D eigenvalue weighted by Gasteiger charge is -2.28. The van der Waals surface area contributed by atoms with Crippen molar-refractivity contribution in [1.29, 1.82) is 0 Å². The molecular weight excluding hydrogens is 426 g/mol. The molecule has 3 heterocycles. The average Bonchev–Trinajstić information content (AvgIpc) is 3.53. The molecule has 0 fully saturated rings. The van der Waals surface area contributed by atoms with E-state index in [4.69, 9.17) is 11.6 Å². The highest BCUT2D eigenvalue weighted by Gasteiger charge is 2.36. The van der Waals surface area contributed by atoms with Gasteiger partial charge in [-0.05, 0) is 23.4 Å². The van der Waals surface area contributed by atoms with Crippen molar-refractivity contribution in [2.45, 2.75) is 19.9 Å². The Morgan fingerprint density at radius 1 is 1.09 bits per heavy atom. The van der Waals surface area contributed by atoms with Crippen molar-refractivity contribution in [2.75, 3.05) is 19.0 Å². The molecule has 32 heavy (non-hydrogen) atoms. The molecule has 0 amide bonds. The fourth-order valence-corrected chi connectivity index (χ4v) is 4.39. The van der Waals surface area contributed by atoms with Crippen LogP contribution in [0.25, 0.3) is 11.4 Å². The van der Waals surface area contributed by atoms with Crippen molar-refractivity contribution in [3.05, 3.63) is 58.9 Å². The van der Waals surface area contributed by atoms with E-state index in [0.717, 1.165) is 46.4 Å². The van der Waals surface area contributed by atoms with E-state index >= 15 is 0 Å². The Kier molecular flexibility index (Phi) is 4.99. The normalized spacial score (nSPS) is 17.0. The number of anilines is 2. The van der Waals surface area contributed by atoms with Gasteiger partial charge in [0.25, 0.3) is 5.82 Å². The van der Waals surface area contributed by atoms with Gasteiger partial charge >= 0.3 is 0 Å². The molecule has 0 spiro atoms. The zero-order valence-corrected chi connectivity index (χ0v) is 18.8. The molecule has 2 N–H and O–H groups in total. The van der Waals surface area contributed by atoms with Crippen LogP contribution in [0.1, 0.15) is 18.3 Å². The first kappa shape index (κ1) is 20.3. The Morgan fingerprint density at radius 2 is 1.91 bits per heavy atom. The van der Waals surface area contributed by atoms with Crippen LogP contribution < -0.4 is 9.38 Å². The lowest BCUT2D eigenvalue weighted by Crippen LogP contribution is -2.41. The molecule has 162 valence electrons. The first-order valence-electron chi connectivity index (χ1n) is 10.3. The third kappa shape index (κ3) is 3.35. The van der Waals surface area contributed by atoms with Crippen LogP contribution in [0, 0.1) is 0 Å². The van der Waals surface area contributed by atoms with Gasteiger partial charge in [-0.25, -0.2) is 9.47 Å². The molecule has 1 atom stereocenters. The maximum atomic E-state index is 6.78. The van der Waals surface area contributed by atoms with Crippen molar-refractivity contribution in [3.63, 3.8) is 0 Å². The number of imidazole rings is 1. The molecular formula is C22H23ClN9+. The first-order valence-corrected chi connectivity index (χ1v) is 10.7. The SMILES string of the molecule is CCc1nc2c([nH]1)[N+](C)(Cc1ccccc1N(C)c1cccc(-c3nn[nH]n3)c1Cl)C=N2. The number of quaternary nitrogens is 1. The van der Waals surface area contributed by atoms with E-state index in [0.29, 0.717) is 21.9 Å². The highest BCUT2D eigenvalue weighted by atomic mass is 35.5. The number of aryl methyl sites for hydroxylation is 1. The number of rotatable bonds is 6. The van der Waals surface area contributed by atoms with Crippen molar-refractivity contribution >= 4 is 40.9 Å². The quantitative estimate of drug-likeness (QED) is 0.426. The Balaban J connectivity index is 1.51. The molecule has 1 aliphatic rings. The van der Waals surface area contributed by atoms with Gasteiger partial charge in [-0.15, -0.1) is 10.2 Å². The Labute approximate surface area is 190 Å². The summed E-state index contributed by atoms with van der Waals surface area (Å²) >= 11 is 6.78. The average molecular weight is 449 g/mol. The van der Waals surface area contributed by atoms with Gasteiger partial charge < -0.3 is 4.90 Å². The molecule has 0 aliphatic carbocycles. The Morgan fingerprint density at radius 3 is 2.69 bits per heavy atom. The summed E-state index contributed by atoms with van der Waals surface area (Å²) in [5.41, 5.74) is 3.79. The topological polar surface area (TPSA) is 98.7 Å². The molecule has 0 bridgehead atoms. The molecule has 10 heteroatoms. The fraction of sp³-hybridized carbons (Fsp3) is 0.227. The van der Waals surface area contributed by atoms with Gasteiger partial charge in [-0.2, -0.15) is 10.2 Å². The lowest BCUT2D eigenvalue weighted by molar-refractivity contribution is 0.496. The molecule has 0 radical (unpaired) electrons. The van der Waals surface area contributed by atoms with Crippen molar-refractivity contribution in [3.8, 4) is 11.4 Å². The third-order valence-corrected chi connectivity index (χ3v) is 6.17. The molecule has 9 nitrogen and oxygen atoms in total. The largest absolute Gasteiger partial charge is 0.343 e. The van der Waals surface area contributed by atoms with E-state index in [2.05, 4.69) is 72.7 Å². The van der Waals surface area contributed by atoms with Gasteiger partial charge in [0.15, 0.2) is 6.34 Å². The second kappa shape index (κ2) is 7.85. The molecule has 0 saturated carbocycles. The van der Waals surface area contributed by atoms with Crippen LogP contribution in [-0.2, 0) is 13.0 Å². The number of hydrogen-bond acceptors (Lipinski definition) is 6. The number of benzene rings is 2. The maximum Gasteiger partial charge on any atom is 0.258 e. The van der Waals surface area contributed by atoms with Crippen LogP contribution in [0.5, 0.6) is 0 Å². The number of tetrazole rings is 1. The predicted molar refractivity (Wildman–Crippen MR) is 127 cm³/mol. The summed E-state index contributed by atoms with van der Waals surface area (Å²) in [4.78, 5) is 14.7. The van der Waals surface area contributed by atoms with Gasteiger partial charge in [-0.3, -0.25) is 4.98 Å². The van der Waals surface area contributed by atoms with Crippen LogP contribution in [-0.4, -0.2) is 51.0 Å². The summed E-state index contributed by atoms with van der Waals surface area (Å²) in [5, 5.41) is 14.8. The van der Waals surface area contributed by atoms with E-state index in [1.54, 1.807) is 0 Å². The predicted octanol–water partition coefficient (Wildman–Crippen LogP) is 4.38. The Bertz CT molecular complexity index is 1290. The molecule has 1 aliphatic heterocycles. The molecule has 2 aromatic heterocycles. The highest BCUT2D eigenvalue weighted by molar-refractivity contribution is 6.36. The number of nitrogens with one attached hydrogen (secondary N) is 2. The number of H-pyrrole nitrogens is 2. The summed E-state index contributed by atoms with van der Waals surface area (Å²) in [5.74, 6) is 3.19. The van der Waals surface area contributed by atoms with Crippen molar-refractivity contribution in [1.82, 2.24) is 35.1 Å². The van der Waals surface area contributed by atoms with E-state index in [-0.39, 0.29) is 0 Å². The number of hydrogen-bond donors (Lipinski definition) is 2. The highest BCUT2D eigenvalue weighted by Crippen LogP contribution is 2.40. The van der Waals surface area contributed by atoms with Gasteiger partial charge in [0, 0.05) is 30.3 Å². The van der Waals surface area contributed by atoms with E-state index in [1.807, 2.05) is 37.7 Å². The number of aliphatic imine (C=N–C) groups is 1. The molecule has 0 saturated heterocycles. The van der Waals surface area contributed by atoms with E-state index in [1.165, 1.54) is 0 Å². The number of aromatic nitrogens is 6. The van der Waals surface area contributed by atoms with Crippen molar-refractivity contribution < 1.29 is 0 Å². The van der Waals surface area contributed by atoms with E-state index in [9.17, 15) is 0 Å². The summed E-state index contributed by atoms with van der Waals surface area (Å²) in [6.45, 7) is 2.79. The molecule has 2 aromatic carbocycles. The summed E-state index contributed by atoms with van der Waals surface area (Å²) in [6, 6.07) is 14.1. The van der Waals surface area contributed by atoms with Crippen LogP contribution in [0.2, 0.25) is 5.02 Å². The van der Waals surface area contributed by atoms with Crippen LogP contribution in [0.4, 0.5) is 23.0 Å². The maximum absolute atomic E-state index is 6.78. The van der Waals surface area contributed by atoms with Gasteiger partial charge in [0.1, 0.15) is 12.4 Å². The zero-order valence-electron chi connectivity index (χ0n) is 18.0. The molecule has 5 rings (SSSR count). The second-order valence-corrected chi connectivity index (χ2v) is 8.32. The number of para-hydroxylation sites is 1. The summed E-state index contributed by atoms with van der Waals surface area (Å²) in [7, 11) is 4.14. The minimum atomic E-state index is 0.461. The Hall–Kier alpha value is -3.56. The van der Waals surface area contributed by atoms with Gasteiger partial charge in [0.05, 0.1) is 17.8 Å². The van der Waals surface area contributed by atoms with Crippen LogP contribution in [0.15, 0.2) is 47.5 Å².